The summed E-state index contributed by atoms with van der Waals surface area (Å²) in [4.78, 5) is 2.54. The van der Waals surface area contributed by atoms with E-state index in [1.165, 1.54) is 93.3 Å². The zero-order chi connectivity index (χ0) is 35.4. The zero-order valence-corrected chi connectivity index (χ0v) is 29.5. The van der Waals surface area contributed by atoms with Gasteiger partial charge in [-0.15, -0.1) is 0 Å². The molecular weight excluding hydrogens is 651 g/mol. The van der Waals surface area contributed by atoms with E-state index in [2.05, 4.69) is 205 Å². The SMILES string of the molecule is c1ccc2c(c1)-c1ccccc1C21c2ccccc2-c2ccc(N(c3cccc4ccccc34)c3cccc4c5ccccc5c5ccccc5c34)cc21. The highest BCUT2D eigenvalue weighted by atomic mass is 15.1. The Kier molecular flexibility index (Phi) is 6.04. The van der Waals surface area contributed by atoms with E-state index in [1.807, 2.05) is 0 Å². The smallest absolute Gasteiger partial charge is 0.0726 e. The van der Waals surface area contributed by atoms with Crippen LogP contribution in [-0.4, -0.2) is 0 Å². The molecule has 0 radical (unpaired) electrons. The molecule has 0 fully saturated rings. The molecule has 0 atom stereocenters. The third-order valence-electron chi connectivity index (χ3n) is 12.2. The summed E-state index contributed by atoms with van der Waals surface area (Å²) in [5.41, 5.74) is 13.7. The fraction of sp³-hybridized carbons (Fsp3) is 0.0189. The first kappa shape index (κ1) is 29.6. The van der Waals surface area contributed by atoms with E-state index in [0.29, 0.717) is 0 Å². The number of hydrogen-bond donors (Lipinski definition) is 0. The van der Waals surface area contributed by atoms with Crippen molar-refractivity contribution in [1.82, 2.24) is 0 Å². The van der Waals surface area contributed by atoms with Gasteiger partial charge < -0.3 is 4.90 Å². The largest absolute Gasteiger partial charge is 0.309 e. The number of hydrogen-bond acceptors (Lipinski definition) is 1. The summed E-state index contributed by atoms with van der Waals surface area (Å²) in [5.74, 6) is 0. The van der Waals surface area contributed by atoms with Crippen LogP contribution >= 0.6 is 0 Å². The first-order valence-corrected chi connectivity index (χ1v) is 18.9. The van der Waals surface area contributed by atoms with Gasteiger partial charge in [-0.25, -0.2) is 0 Å². The minimum atomic E-state index is -0.429. The number of fused-ring (bicyclic) bond motifs is 17. The summed E-state index contributed by atoms with van der Waals surface area (Å²) in [6, 6.07) is 74.6. The van der Waals surface area contributed by atoms with Crippen LogP contribution in [0.2, 0.25) is 0 Å². The van der Waals surface area contributed by atoms with E-state index < -0.39 is 5.41 Å². The van der Waals surface area contributed by atoms with Gasteiger partial charge in [0.2, 0.25) is 0 Å². The van der Waals surface area contributed by atoms with E-state index in [1.54, 1.807) is 0 Å². The van der Waals surface area contributed by atoms with Crippen LogP contribution < -0.4 is 4.90 Å². The Balaban J connectivity index is 1.22. The van der Waals surface area contributed by atoms with Crippen molar-refractivity contribution in [2.24, 2.45) is 0 Å². The van der Waals surface area contributed by atoms with Gasteiger partial charge in [0.05, 0.1) is 16.8 Å². The van der Waals surface area contributed by atoms with Crippen LogP contribution in [0.5, 0.6) is 0 Å². The van der Waals surface area contributed by atoms with Crippen LogP contribution in [0.4, 0.5) is 17.1 Å². The highest BCUT2D eigenvalue weighted by molar-refractivity contribution is 6.29. The monoisotopic (exact) mass is 683 g/mol. The lowest BCUT2D eigenvalue weighted by atomic mass is 9.70. The van der Waals surface area contributed by atoms with Gasteiger partial charge >= 0.3 is 0 Å². The summed E-state index contributed by atoms with van der Waals surface area (Å²) in [6.45, 7) is 0. The lowest BCUT2D eigenvalue weighted by molar-refractivity contribution is 0.793. The van der Waals surface area contributed by atoms with Crippen molar-refractivity contribution < 1.29 is 0 Å². The molecule has 1 heteroatoms. The Labute approximate surface area is 314 Å². The topological polar surface area (TPSA) is 3.24 Å². The number of rotatable bonds is 3. The van der Waals surface area contributed by atoms with Crippen LogP contribution in [0.15, 0.2) is 200 Å². The van der Waals surface area contributed by atoms with E-state index in [-0.39, 0.29) is 0 Å². The standard InChI is InChI=1S/C53H33N/c1-2-17-36-34(15-1)16-13-29-50(36)54(51-30-14-25-45-39-19-4-3-18-37(39)38-20-5-6-24-44(38)52(45)51)35-31-32-43-42-23-9-12-28-48(42)53(49(43)33-35)46-26-10-7-21-40(46)41-22-8-11-27-47(41)53/h1-33H. The van der Waals surface area contributed by atoms with Gasteiger partial charge in [-0.3, -0.25) is 0 Å². The molecular formula is C53H33N. The maximum atomic E-state index is 2.54. The van der Waals surface area contributed by atoms with Crippen molar-refractivity contribution in [3.63, 3.8) is 0 Å². The first-order valence-electron chi connectivity index (χ1n) is 18.9. The molecule has 2 aliphatic rings. The molecule has 12 rings (SSSR count). The van der Waals surface area contributed by atoms with Crippen LogP contribution in [-0.2, 0) is 5.41 Å². The predicted octanol–water partition coefficient (Wildman–Crippen LogP) is 14.1. The molecule has 10 aromatic rings. The van der Waals surface area contributed by atoms with E-state index in [4.69, 9.17) is 0 Å². The molecule has 0 aliphatic heterocycles. The lowest BCUT2D eigenvalue weighted by Crippen LogP contribution is -2.26. The zero-order valence-electron chi connectivity index (χ0n) is 29.5. The minimum Gasteiger partial charge on any atom is -0.309 e. The Morgan fingerprint density at radius 3 is 1.35 bits per heavy atom. The molecule has 0 N–H and O–H groups in total. The first-order chi connectivity index (χ1) is 26.8. The second-order valence-corrected chi connectivity index (χ2v) is 14.7. The van der Waals surface area contributed by atoms with Crippen molar-refractivity contribution in [3.8, 4) is 22.3 Å². The highest BCUT2D eigenvalue weighted by Gasteiger charge is 2.51. The molecule has 54 heavy (non-hydrogen) atoms. The molecule has 250 valence electrons. The summed E-state index contributed by atoms with van der Waals surface area (Å²) in [7, 11) is 0. The molecule has 0 saturated heterocycles. The molecule has 2 aliphatic carbocycles. The summed E-state index contributed by atoms with van der Waals surface area (Å²) in [5, 5.41) is 10.0. The van der Waals surface area contributed by atoms with Gasteiger partial charge in [-0.2, -0.15) is 0 Å². The molecule has 0 heterocycles. The third-order valence-corrected chi connectivity index (χ3v) is 12.2. The van der Waals surface area contributed by atoms with Crippen molar-refractivity contribution >= 4 is 60.2 Å². The molecule has 1 spiro atoms. The molecule has 0 bridgehead atoms. The van der Waals surface area contributed by atoms with Crippen LogP contribution in [0.25, 0.3) is 65.3 Å². The molecule has 10 aromatic carbocycles. The van der Waals surface area contributed by atoms with Crippen molar-refractivity contribution in [2.45, 2.75) is 5.41 Å². The van der Waals surface area contributed by atoms with Crippen LogP contribution in [0.3, 0.4) is 0 Å². The van der Waals surface area contributed by atoms with Gasteiger partial charge in [-0.05, 0) is 101 Å². The number of anilines is 3. The maximum absolute atomic E-state index is 2.54. The highest BCUT2D eigenvalue weighted by Crippen LogP contribution is 2.63. The summed E-state index contributed by atoms with van der Waals surface area (Å²) in [6.07, 6.45) is 0. The Morgan fingerprint density at radius 2 is 0.722 bits per heavy atom. The Morgan fingerprint density at radius 1 is 0.296 bits per heavy atom. The lowest BCUT2D eigenvalue weighted by Gasteiger charge is -2.33. The second kappa shape index (κ2) is 11.0. The Hall–Kier alpha value is -6.96. The van der Waals surface area contributed by atoms with Crippen molar-refractivity contribution in [2.75, 3.05) is 4.90 Å². The second-order valence-electron chi connectivity index (χ2n) is 14.7. The quantitative estimate of drug-likeness (QED) is 0.168. The molecule has 1 nitrogen and oxygen atoms in total. The van der Waals surface area contributed by atoms with E-state index in [0.717, 1.165) is 11.4 Å². The van der Waals surface area contributed by atoms with Gasteiger partial charge in [0.15, 0.2) is 0 Å². The van der Waals surface area contributed by atoms with E-state index >= 15 is 0 Å². The van der Waals surface area contributed by atoms with Gasteiger partial charge in [0.1, 0.15) is 0 Å². The molecule has 0 unspecified atom stereocenters. The average molecular weight is 684 g/mol. The normalized spacial score (nSPS) is 13.3. The molecule has 0 amide bonds. The minimum absolute atomic E-state index is 0.429. The number of nitrogens with zero attached hydrogens (tertiary/aromatic N) is 1. The average Bonchev–Trinajstić information content (AvgIpc) is 3.71. The fourth-order valence-electron chi connectivity index (χ4n) is 10.2. The van der Waals surface area contributed by atoms with Crippen LogP contribution in [0, 0.1) is 0 Å². The van der Waals surface area contributed by atoms with Gasteiger partial charge in [0, 0.05) is 16.5 Å². The van der Waals surface area contributed by atoms with Gasteiger partial charge in [0.25, 0.3) is 0 Å². The fourth-order valence-corrected chi connectivity index (χ4v) is 10.2. The molecule has 0 aromatic heterocycles. The van der Waals surface area contributed by atoms with Crippen LogP contribution in [0.1, 0.15) is 22.3 Å². The van der Waals surface area contributed by atoms with Gasteiger partial charge in [-0.1, -0.05) is 176 Å². The predicted molar refractivity (Wildman–Crippen MR) is 227 cm³/mol. The summed E-state index contributed by atoms with van der Waals surface area (Å²) >= 11 is 0. The summed E-state index contributed by atoms with van der Waals surface area (Å²) < 4.78 is 0. The van der Waals surface area contributed by atoms with E-state index in [9.17, 15) is 0 Å². The maximum Gasteiger partial charge on any atom is 0.0726 e. The third kappa shape index (κ3) is 3.78. The van der Waals surface area contributed by atoms with Crippen molar-refractivity contribution in [3.05, 3.63) is 222 Å². The Bertz CT molecular complexity index is 3070. The number of benzene rings is 10. The molecule has 0 saturated carbocycles. The van der Waals surface area contributed by atoms with Crippen molar-refractivity contribution in [1.29, 1.82) is 0 Å².